The average molecular weight is 250 g/mol. The van der Waals surface area contributed by atoms with Crippen LogP contribution in [0.15, 0.2) is 0 Å². The van der Waals surface area contributed by atoms with Crippen molar-refractivity contribution in [3.05, 3.63) is 34.4 Å². The standard InChI is InChI=1S/C11H10F4O2/c1-3-17-7(16)4-6-5(2)8(12)10(14)11(15)9(6)13/h3-4H2,1-2H3. The topological polar surface area (TPSA) is 26.3 Å². The molecule has 0 N–H and O–H groups in total. The van der Waals surface area contributed by atoms with Crippen molar-refractivity contribution >= 4 is 5.97 Å². The van der Waals surface area contributed by atoms with Gasteiger partial charge in [0.25, 0.3) is 0 Å². The van der Waals surface area contributed by atoms with E-state index in [1.807, 2.05) is 0 Å². The van der Waals surface area contributed by atoms with E-state index in [0.29, 0.717) is 0 Å². The van der Waals surface area contributed by atoms with Crippen LogP contribution in [0.5, 0.6) is 0 Å². The Morgan fingerprint density at radius 1 is 1.06 bits per heavy atom. The molecule has 0 radical (unpaired) electrons. The Morgan fingerprint density at radius 2 is 1.59 bits per heavy atom. The first-order valence-electron chi connectivity index (χ1n) is 4.87. The summed E-state index contributed by atoms with van der Waals surface area (Å²) < 4.78 is 56.7. The van der Waals surface area contributed by atoms with E-state index in [2.05, 4.69) is 4.74 Å². The Kier molecular flexibility index (Phi) is 4.09. The second kappa shape index (κ2) is 5.16. The van der Waals surface area contributed by atoms with Gasteiger partial charge in [-0.05, 0) is 19.4 Å². The van der Waals surface area contributed by atoms with Gasteiger partial charge in [-0.15, -0.1) is 0 Å². The van der Waals surface area contributed by atoms with Gasteiger partial charge in [-0.2, -0.15) is 0 Å². The SMILES string of the molecule is CCOC(=O)Cc1c(C)c(F)c(F)c(F)c1F. The number of hydrogen-bond donors (Lipinski definition) is 0. The molecule has 0 fully saturated rings. The molecule has 0 saturated carbocycles. The molecule has 0 aliphatic rings. The van der Waals surface area contributed by atoms with Gasteiger partial charge >= 0.3 is 5.97 Å². The minimum Gasteiger partial charge on any atom is -0.466 e. The second-order valence-corrected chi connectivity index (χ2v) is 3.34. The van der Waals surface area contributed by atoms with Crippen LogP contribution in [0.3, 0.4) is 0 Å². The van der Waals surface area contributed by atoms with Crippen molar-refractivity contribution in [1.29, 1.82) is 0 Å². The highest BCUT2D eigenvalue weighted by Crippen LogP contribution is 2.24. The van der Waals surface area contributed by atoms with E-state index in [-0.39, 0.29) is 6.61 Å². The molecule has 0 aliphatic carbocycles. The minimum absolute atomic E-state index is 0.0612. The number of ether oxygens (including phenoxy) is 1. The van der Waals surface area contributed by atoms with Gasteiger partial charge in [0.1, 0.15) is 0 Å². The summed E-state index contributed by atoms with van der Waals surface area (Å²) in [5.41, 5.74) is -0.964. The first-order valence-corrected chi connectivity index (χ1v) is 4.87. The van der Waals surface area contributed by atoms with Crippen LogP contribution in [-0.2, 0) is 16.0 Å². The minimum atomic E-state index is -1.92. The van der Waals surface area contributed by atoms with E-state index in [1.54, 1.807) is 0 Å². The van der Waals surface area contributed by atoms with Crippen LogP contribution >= 0.6 is 0 Å². The smallest absolute Gasteiger partial charge is 0.310 e. The van der Waals surface area contributed by atoms with Crippen molar-refractivity contribution in [2.24, 2.45) is 0 Å². The first-order chi connectivity index (χ1) is 7.90. The molecule has 1 aromatic rings. The largest absolute Gasteiger partial charge is 0.466 e. The number of esters is 1. The van der Waals surface area contributed by atoms with E-state index < -0.39 is 46.8 Å². The third-order valence-corrected chi connectivity index (χ3v) is 2.25. The van der Waals surface area contributed by atoms with Gasteiger partial charge in [0, 0.05) is 5.56 Å². The Morgan fingerprint density at radius 3 is 2.12 bits per heavy atom. The Labute approximate surface area is 95.2 Å². The van der Waals surface area contributed by atoms with Gasteiger partial charge < -0.3 is 4.74 Å². The molecule has 0 aliphatic heterocycles. The van der Waals surface area contributed by atoms with Crippen molar-refractivity contribution in [2.75, 3.05) is 6.61 Å². The zero-order valence-electron chi connectivity index (χ0n) is 9.24. The maximum Gasteiger partial charge on any atom is 0.310 e. The maximum absolute atomic E-state index is 13.3. The van der Waals surface area contributed by atoms with E-state index in [9.17, 15) is 22.4 Å². The summed E-state index contributed by atoms with van der Waals surface area (Å²) in [7, 11) is 0. The molecule has 0 amide bonds. The van der Waals surface area contributed by atoms with Crippen molar-refractivity contribution in [3.8, 4) is 0 Å². The summed E-state index contributed by atoms with van der Waals surface area (Å²) in [6.45, 7) is 2.66. The monoisotopic (exact) mass is 250 g/mol. The van der Waals surface area contributed by atoms with E-state index in [1.165, 1.54) is 6.92 Å². The zero-order valence-corrected chi connectivity index (χ0v) is 9.24. The molecule has 1 rings (SSSR count). The molecule has 0 bridgehead atoms. The number of rotatable bonds is 3. The lowest BCUT2D eigenvalue weighted by atomic mass is 10.0. The third kappa shape index (κ3) is 2.57. The van der Waals surface area contributed by atoms with Gasteiger partial charge in [0.15, 0.2) is 23.3 Å². The molecule has 0 atom stereocenters. The van der Waals surface area contributed by atoms with E-state index in [0.717, 1.165) is 6.92 Å². The molecule has 0 unspecified atom stereocenters. The van der Waals surface area contributed by atoms with Crippen LogP contribution in [0, 0.1) is 30.2 Å². The van der Waals surface area contributed by atoms with Gasteiger partial charge in [0.05, 0.1) is 13.0 Å². The van der Waals surface area contributed by atoms with Crippen molar-refractivity contribution in [2.45, 2.75) is 20.3 Å². The molecular formula is C11H10F4O2. The Hall–Kier alpha value is -1.59. The normalized spacial score (nSPS) is 10.5. The van der Waals surface area contributed by atoms with E-state index in [4.69, 9.17) is 0 Å². The van der Waals surface area contributed by atoms with Crippen LogP contribution < -0.4 is 0 Å². The lowest BCUT2D eigenvalue weighted by Crippen LogP contribution is -2.13. The number of benzene rings is 1. The van der Waals surface area contributed by atoms with E-state index >= 15 is 0 Å². The van der Waals surface area contributed by atoms with Crippen LogP contribution in [0.2, 0.25) is 0 Å². The number of halogens is 4. The Balaban J connectivity index is 3.20. The van der Waals surface area contributed by atoms with Crippen LogP contribution in [0.1, 0.15) is 18.1 Å². The molecule has 17 heavy (non-hydrogen) atoms. The molecule has 2 nitrogen and oxygen atoms in total. The fraction of sp³-hybridized carbons (Fsp3) is 0.364. The van der Waals surface area contributed by atoms with Crippen LogP contribution in [0.4, 0.5) is 17.6 Å². The van der Waals surface area contributed by atoms with Gasteiger partial charge in [-0.1, -0.05) is 0 Å². The summed E-state index contributed by atoms with van der Waals surface area (Å²) in [6.07, 6.45) is -0.639. The second-order valence-electron chi connectivity index (χ2n) is 3.34. The van der Waals surface area contributed by atoms with Crippen molar-refractivity contribution in [1.82, 2.24) is 0 Å². The summed E-state index contributed by atoms with van der Waals surface area (Å²) >= 11 is 0. The lowest BCUT2D eigenvalue weighted by Gasteiger charge is -2.09. The highest BCUT2D eigenvalue weighted by atomic mass is 19.2. The van der Waals surface area contributed by atoms with Crippen LogP contribution in [0.25, 0.3) is 0 Å². The molecule has 94 valence electrons. The third-order valence-electron chi connectivity index (χ3n) is 2.25. The summed E-state index contributed by atoms with van der Waals surface area (Å²) in [6, 6.07) is 0. The number of carbonyl (C=O) groups excluding carboxylic acids is 1. The molecule has 6 heteroatoms. The van der Waals surface area contributed by atoms with Crippen molar-refractivity contribution in [3.63, 3.8) is 0 Å². The molecule has 0 spiro atoms. The van der Waals surface area contributed by atoms with Crippen molar-refractivity contribution < 1.29 is 27.1 Å². The highest BCUT2D eigenvalue weighted by molar-refractivity contribution is 5.73. The molecule has 1 aromatic carbocycles. The summed E-state index contributed by atoms with van der Waals surface area (Å²) in [5.74, 6) is -7.70. The quantitative estimate of drug-likeness (QED) is 0.357. The first kappa shape index (κ1) is 13.5. The predicted molar refractivity (Wildman–Crippen MR) is 51.3 cm³/mol. The molecule has 0 heterocycles. The molecule has 0 saturated heterocycles. The highest BCUT2D eigenvalue weighted by Gasteiger charge is 2.24. The maximum atomic E-state index is 13.3. The summed E-state index contributed by atoms with van der Waals surface area (Å²) in [4.78, 5) is 11.1. The molecular weight excluding hydrogens is 240 g/mol. The average Bonchev–Trinajstić information content (AvgIpc) is 2.30. The Bertz CT molecular complexity index is 428. The number of carbonyl (C=O) groups is 1. The summed E-state index contributed by atoms with van der Waals surface area (Å²) in [5, 5.41) is 0. The lowest BCUT2D eigenvalue weighted by molar-refractivity contribution is -0.142. The van der Waals surface area contributed by atoms with Gasteiger partial charge in [0.2, 0.25) is 0 Å². The number of hydrogen-bond acceptors (Lipinski definition) is 2. The molecule has 0 aromatic heterocycles. The predicted octanol–water partition coefficient (Wildman–Crippen LogP) is 2.66. The fourth-order valence-corrected chi connectivity index (χ4v) is 1.35. The van der Waals surface area contributed by atoms with Crippen LogP contribution in [-0.4, -0.2) is 12.6 Å². The fourth-order valence-electron chi connectivity index (χ4n) is 1.35. The van der Waals surface area contributed by atoms with Gasteiger partial charge in [-0.3, -0.25) is 4.79 Å². The zero-order chi connectivity index (χ0) is 13.2. The van der Waals surface area contributed by atoms with Gasteiger partial charge in [-0.25, -0.2) is 17.6 Å².